The molecule has 0 aromatic heterocycles. The molecule has 0 fully saturated rings. The third kappa shape index (κ3) is 1.71. The highest BCUT2D eigenvalue weighted by molar-refractivity contribution is 7.81. The van der Waals surface area contributed by atoms with Crippen LogP contribution in [0.3, 0.4) is 0 Å². The zero-order chi connectivity index (χ0) is 5.98. The summed E-state index contributed by atoms with van der Waals surface area (Å²) in [6.07, 6.45) is 6.27. The molecule has 0 aromatic carbocycles. The second kappa shape index (κ2) is 2.79. The lowest BCUT2D eigenvalue weighted by atomic mass is 10.1. The fourth-order valence-corrected chi connectivity index (χ4v) is 1.23. The molecular formula is C6H9ClS. The predicted molar refractivity (Wildman–Crippen MR) is 40.8 cm³/mol. The average Bonchev–Trinajstić information content (AvgIpc) is 1.77. The molecule has 8 heavy (non-hydrogen) atoms. The Morgan fingerprint density at radius 1 is 1.38 bits per heavy atom. The van der Waals surface area contributed by atoms with E-state index in [1.54, 1.807) is 0 Å². The van der Waals surface area contributed by atoms with Gasteiger partial charge in [-0.05, 0) is 12.8 Å². The van der Waals surface area contributed by atoms with Gasteiger partial charge in [0.25, 0.3) is 0 Å². The SMILES string of the molecule is SC1C=C[C@@H](Cl)CC1. The van der Waals surface area contributed by atoms with E-state index in [-0.39, 0.29) is 5.38 Å². The molecule has 1 aliphatic carbocycles. The Morgan fingerprint density at radius 2 is 2.12 bits per heavy atom. The summed E-state index contributed by atoms with van der Waals surface area (Å²) in [4.78, 5) is 0. The highest BCUT2D eigenvalue weighted by atomic mass is 35.5. The summed E-state index contributed by atoms with van der Waals surface area (Å²) in [5.41, 5.74) is 0. The molecule has 2 atom stereocenters. The Hall–Kier alpha value is 0.380. The number of thiol groups is 1. The van der Waals surface area contributed by atoms with Crippen molar-refractivity contribution in [3.63, 3.8) is 0 Å². The second-order valence-corrected chi connectivity index (χ2v) is 3.27. The van der Waals surface area contributed by atoms with Crippen LogP contribution in [-0.4, -0.2) is 10.6 Å². The fourth-order valence-electron chi connectivity index (χ4n) is 0.771. The molecule has 0 heterocycles. The van der Waals surface area contributed by atoms with E-state index >= 15 is 0 Å². The maximum Gasteiger partial charge on any atom is 0.0516 e. The minimum Gasteiger partial charge on any atom is -0.172 e. The van der Waals surface area contributed by atoms with E-state index in [1.165, 1.54) is 0 Å². The number of hydrogen-bond donors (Lipinski definition) is 1. The Labute approximate surface area is 60.3 Å². The van der Waals surface area contributed by atoms with Gasteiger partial charge in [-0.1, -0.05) is 12.2 Å². The Morgan fingerprint density at radius 3 is 2.50 bits per heavy atom. The van der Waals surface area contributed by atoms with Crippen LogP contribution in [0.5, 0.6) is 0 Å². The van der Waals surface area contributed by atoms with Crippen LogP contribution in [0.1, 0.15) is 12.8 Å². The molecule has 2 heteroatoms. The number of allylic oxidation sites excluding steroid dienone is 1. The first kappa shape index (κ1) is 6.50. The monoisotopic (exact) mass is 148 g/mol. The zero-order valence-corrected chi connectivity index (χ0v) is 6.20. The maximum absolute atomic E-state index is 5.76. The number of rotatable bonds is 0. The molecule has 0 amide bonds. The van der Waals surface area contributed by atoms with Crippen molar-refractivity contribution in [2.45, 2.75) is 23.5 Å². The minimum absolute atomic E-state index is 0.262. The molecule has 0 aromatic rings. The molecule has 1 rings (SSSR count). The third-order valence-electron chi connectivity index (χ3n) is 1.28. The van der Waals surface area contributed by atoms with Gasteiger partial charge in [-0.25, -0.2) is 0 Å². The topological polar surface area (TPSA) is 0 Å². The molecule has 0 nitrogen and oxygen atoms in total. The van der Waals surface area contributed by atoms with Crippen LogP contribution in [0.2, 0.25) is 0 Å². The molecule has 0 N–H and O–H groups in total. The van der Waals surface area contributed by atoms with E-state index in [2.05, 4.69) is 18.7 Å². The van der Waals surface area contributed by atoms with Crippen molar-refractivity contribution < 1.29 is 0 Å². The molecule has 0 bridgehead atoms. The number of hydrogen-bond acceptors (Lipinski definition) is 1. The molecule has 0 radical (unpaired) electrons. The summed E-state index contributed by atoms with van der Waals surface area (Å²) >= 11 is 10.0. The molecule has 0 aliphatic heterocycles. The first-order valence-corrected chi connectivity index (χ1v) is 3.75. The van der Waals surface area contributed by atoms with Crippen LogP contribution in [0.15, 0.2) is 12.2 Å². The molecule has 46 valence electrons. The van der Waals surface area contributed by atoms with Crippen LogP contribution in [0.4, 0.5) is 0 Å². The summed E-state index contributed by atoms with van der Waals surface area (Å²) in [6, 6.07) is 0. The van der Waals surface area contributed by atoms with E-state index in [9.17, 15) is 0 Å². The first-order chi connectivity index (χ1) is 3.79. The summed E-state index contributed by atoms with van der Waals surface area (Å²) in [5, 5.41) is 0.711. The van der Waals surface area contributed by atoms with Crippen LogP contribution in [0.25, 0.3) is 0 Å². The smallest absolute Gasteiger partial charge is 0.0516 e. The summed E-state index contributed by atoms with van der Waals surface area (Å²) in [5.74, 6) is 0. The van der Waals surface area contributed by atoms with Crippen LogP contribution >= 0.6 is 24.2 Å². The van der Waals surface area contributed by atoms with E-state index in [4.69, 9.17) is 11.6 Å². The van der Waals surface area contributed by atoms with Gasteiger partial charge in [0.2, 0.25) is 0 Å². The van der Waals surface area contributed by atoms with E-state index in [0.717, 1.165) is 12.8 Å². The second-order valence-electron chi connectivity index (χ2n) is 2.05. The van der Waals surface area contributed by atoms with Crippen molar-refractivity contribution in [3.8, 4) is 0 Å². The van der Waals surface area contributed by atoms with Crippen molar-refractivity contribution in [1.82, 2.24) is 0 Å². The zero-order valence-electron chi connectivity index (χ0n) is 4.55. The van der Waals surface area contributed by atoms with Gasteiger partial charge in [0.1, 0.15) is 0 Å². The largest absolute Gasteiger partial charge is 0.172 e. The molecule has 0 saturated heterocycles. The molecule has 0 saturated carbocycles. The highest BCUT2D eigenvalue weighted by Gasteiger charge is 2.08. The highest BCUT2D eigenvalue weighted by Crippen LogP contribution is 2.19. The van der Waals surface area contributed by atoms with Gasteiger partial charge < -0.3 is 0 Å². The van der Waals surface area contributed by atoms with Gasteiger partial charge in [-0.15, -0.1) is 11.6 Å². The van der Waals surface area contributed by atoms with Crippen molar-refractivity contribution in [2.24, 2.45) is 0 Å². The van der Waals surface area contributed by atoms with Crippen LogP contribution in [0, 0.1) is 0 Å². The summed E-state index contributed by atoms with van der Waals surface area (Å²) < 4.78 is 0. The van der Waals surface area contributed by atoms with E-state index < -0.39 is 0 Å². The quantitative estimate of drug-likeness (QED) is 0.304. The van der Waals surface area contributed by atoms with Gasteiger partial charge in [0, 0.05) is 5.25 Å². The molecule has 1 unspecified atom stereocenters. The van der Waals surface area contributed by atoms with Gasteiger partial charge in [0.15, 0.2) is 0 Å². The predicted octanol–water partition coefficient (Wildman–Crippen LogP) is 2.24. The number of alkyl halides is 1. The lowest BCUT2D eigenvalue weighted by Crippen LogP contribution is -2.06. The van der Waals surface area contributed by atoms with E-state index in [1.807, 2.05) is 6.08 Å². The molecular weight excluding hydrogens is 140 g/mol. The van der Waals surface area contributed by atoms with Crippen molar-refractivity contribution in [2.75, 3.05) is 0 Å². The Kier molecular flexibility index (Phi) is 2.27. The van der Waals surface area contributed by atoms with Crippen molar-refractivity contribution >= 4 is 24.2 Å². The van der Waals surface area contributed by atoms with Gasteiger partial charge in [-0.2, -0.15) is 12.6 Å². The van der Waals surface area contributed by atoms with Crippen molar-refractivity contribution in [3.05, 3.63) is 12.2 Å². The standard InChI is InChI=1S/C6H9ClS/c7-5-1-3-6(8)4-2-5/h1,3,5-6,8H,2,4H2/t5-,6?/m1/s1. The van der Waals surface area contributed by atoms with E-state index in [0.29, 0.717) is 5.25 Å². The molecule has 0 spiro atoms. The molecule has 1 aliphatic rings. The minimum atomic E-state index is 0.262. The van der Waals surface area contributed by atoms with Gasteiger partial charge >= 0.3 is 0 Å². The van der Waals surface area contributed by atoms with Gasteiger partial charge in [-0.3, -0.25) is 0 Å². The first-order valence-electron chi connectivity index (χ1n) is 2.79. The fraction of sp³-hybridized carbons (Fsp3) is 0.667. The Bertz CT molecular complexity index is 88.7. The maximum atomic E-state index is 5.76. The van der Waals surface area contributed by atoms with Crippen molar-refractivity contribution in [1.29, 1.82) is 0 Å². The summed E-state index contributed by atoms with van der Waals surface area (Å²) in [7, 11) is 0. The third-order valence-corrected chi connectivity index (χ3v) is 2.07. The lowest BCUT2D eigenvalue weighted by molar-refractivity contribution is 0.749. The van der Waals surface area contributed by atoms with Crippen LogP contribution < -0.4 is 0 Å². The lowest BCUT2D eigenvalue weighted by Gasteiger charge is -2.13. The average molecular weight is 149 g/mol. The number of halogens is 1. The summed E-state index contributed by atoms with van der Waals surface area (Å²) in [6.45, 7) is 0. The van der Waals surface area contributed by atoms with Gasteiger partial charge in [0.05, 0.1) is 5.38 Å². The Balaban J connectivity index is 2.42. The van der Waals surface area contributed by atoms with Crippen LogP contribution in [-0.2, 0) is 0 Å². The normalized spacial score (nSPS) is 37.8.